The number of aliphatic hydroxyl groups excluding tert-OH is 1. The number of piperazine rings is 1. The van der Waals surface area contributed by atoms with Crippen molar-refractivity contribution in [3.63, 3.8) is 0 Å². The number of nitrogens with one attached hydrogen (secondary N) is 1. The highest BCUT2D eigenvalue weighted by Gasteiger charge is 2.53. The topological polar surface area (TPSA) is 197 Å². The van der Waals surface area contributed by atoms with Gasteiger partial charge in [0.05, 0.1) is 41.1 Å². The Bertz CT molecular complexity index is 2180. The number of rotatable bonds is 5. The summed E-state index contributed by atoms with van der Waals surface area (Å²) < 4.78 is 30.4. The number of hydrogen-bond donors (Lipinski definition) is 5. The molecule has 0 saturated carbocycles. The van der Waals surface area contributed by atoms with Gasteiger partial charge in [0.1, 0.15) is 34.7 Å². The zero-order valence-electron chi connectivity index (χ0n) is 38.1. The number of anilines is 2. The predicted octanol–water partition coefficient (Wildman–Crippen LogP) is 6.33. The van der Waals surface area contributed by atoms with E-state index in [0.717, 1.165) is 6.54 Å². The van der Waals surface area contributed by atoms with Gasteiger partial charge < -0.3 is 54.3 Å². The van der Waals surface area contributed by atoms with Crippen LogP contribution in [0.2, 0.25) is 0 Å². The summed E-state index contributed by atoms with van der Waals surface area (Å²) in [6, 6.07) is 0. The maximum Gasteiger partial charge on any atom is 0.312 e. The van der Waals surface area contributed by atoms with Crippen LogP contribution in [0.3, 0.4) is 0 Å². The average molecular weight is 864 g/mol. The molecule has 7 aliphatic rings. The Morgan fingerprint density at radius 3 is 2.23 bits per heavy atom. The first-order chi connectivity index (χ1) is 29.1. The summed E-state index contributed by atoms with van der Waals surface area (Å²) in [6.07, 6.45) is 5.15. The Kier molecular flexibility index (Phi) is 13.4. The van der Waals surface area contributed by atoms with Gasteiger partial charge in [0, 0.05) is 93.9 Å². The number of aromatic hydroxyl groups is 3. The van der Waals surface area contributed by atoms with Crippen molar-refractivity contribution in [1.29, 1.82) is 0 Å². The molecule has 0 aliphatic carbocycles. The normalized spacial score (nSPS) is 32.3. The fraction of sp³-hybridized carbons (Fsp3) is 0.596. The fourth-order valence-electron chi connectivity index (χ4n) is 9.60. The summed E-state index contributed by atoms with van der Waals surface area (Å²) in [5, 5.41) is 50.4. The molecule has 7 heterocycles. The lowest BCUT2D eigenvalue weighted by Gasteiger charge is -2.54. The molecule has 2 aromatic carbocycles. The number of benzene rings is 2. The van der Waals surface area contributed by atoms with Crippen LogP contribution in [-0.4, -0.2) is 119 Å². The highest BCUT2D eigenvalue weighted by molar-refractivity contribution is 6.23. The molecule has 5 N–H and O–H groups in total. The van der Waals surface area contributed by atoms with Gasteiger partial charge in [-0.1, -0.05) is 59.8 Å². The number of carbonyl (C=O) groups is 3. The zero-order valence-corrected chi connectivity index (χ0v) is 38.1. The molecule has 2 fully saturated rings. The Morgan fingerprint density at radius 2 is 1.63 bits per heavy atom. The van der Waals surface area contributed by atoms with Crippen LogP contribution in [0.15, 0.2) is 36.1 Å². The monoisotopic (exact) mass is 863 g/mol. The van der Waals surface area contributed by atoms with E-state index in [-0.39, 0.29) is 62.5 Å². The van der Waals surface area contributed by atoms with E-state index in [0.29, 0.717) is 32.1 Å². The number of hydrogen-bond acceptors (Lipinski definition) is 14. The number of esters is 1. The van der Waals surface area contributed by atoms with Gasteiger partial charge in [0.15, 0.2) is 5.75 Å². The molecule has 0 aromatic heterocycles. The second-order valence-electron chi connectivity index (χ2n) is 18.4. The minimum absolute atomic E-state index is 0.0457. The Morgan fingerprint density at radius 1 is 0.968 bits per heavy atom. The average Bonchev–Trinajstić information content (AvgIpc) is 3.48. The number of phenols is 3. The van der Waals surface area contributed by atoms with Crippen LogP contribution in [-0.2, 0) is 28.5 Å². The smallest absolute Gasteiger partial charge is 0.312 e. The van der Waals surface area contributed by atoms with Crippen LogP contribution in [0.25, 0.3) is 10.8 Å². The summed E-state index contributed by atoms with van der Waals surface area (Å²) in [5.41, 5.74) is -0.511. The first kappa shape index (κ1) is 46.7. The fourth-order valence-corrected chi connectivity index (χ4v) is 9.60. The number of methoxy groups -OCH3 is 1. The Hall–Kier alpha value is -4.83. The molecule has 1 amide bonds. The lowest BCUT2D eigenvalue weighted by atomic mass is 9.70. The molecule has 2 aromatic rings. The number of ketones is 1. The number of Topliss-reactive ketones (excluding diaryl/α,β-unsaturated/α-hetero) is 1. The molecule has 340 valence electrons. The summed E-state index contributed by atoms with van der Waals surface area (Å²) in [7, 11) is 1.48. The number of phenolic OH excluding ortho intramolecular Hbond substituents is 3. The van der Waals surface area contributed by atoms with Crippen LogP contribution < -0.4 is 15.0 Å². The van der Waals surface area contributed by atoms with Crippen LogP contribution >= 0.6 is 0 Å². The minimum atomic E-state index is -2.01. The van der Waals surface area contributed by atoms with Gasteiger partial charge in [-0.25, -0.2) is 0 Å². The second-order valence-corrected chi connectivity index (χ2v) is 18.4. The first-order valence-electron chi connectivity index (χ1n) is 21.6. The van der Waals surface area contributed by atoms with Crippen molar-refractivity contribution < 1.29 is 58.5 Å². The molecule has 62 heavy (non-hydrogen) atoms. The highest BCUT2D eigenvalue weighted by Crippen LogP contribution is 2.58. The quantitative estimate of drug-likeness (QED) is 0.127. The molecule has 7 bridgehead atoms. The molecule has 15 heteroatoms. The van der Waals surface area contributed by atoms with Crippen molar-refractivity contribution in [1.82, 2.24) is 4.90 Å². The van der Waals surface area contributed by atoms with Gasteiger partial charge >= 0.3 is 11.8 Å². The van der Waals surface area contributed by atoms with Crippen LogP contribution in [0.1, 0.15) is 85.2 Å². The molecule has 9 rings (SSSR count). The van der Waals surface area contributed by atoms with Gasteiger partial charge in [-0.2, -0.15) is 0 Å². The predicted molar refractivity (Wildman–Crippen MR) is 235 cm³/mol. The number of ether oxygens (including phenoxy) is 5. The van der Waals surface area contributed by atoms with Gasteiger partial charge in [0.2, 0.25) is 0 Å². The molecule has 10 atom stereocenters. The summed E-state index contributed by atoms with van der Waals surface area (Å²) in [5.74, 6) is -6.39. The van der Waals surface area contributed by atoms with E-state index in [2.05, 4.69) is 24.1 Å². The molecule has 0 radical (unpaired) electrons. The zero-order chi connectivity index (χ0) is 45.7. The van der Waals surface area contributed by atoms with E-state index in [9.17, 15) is 34.8 Å². The molecule has 10 unspecified atom stereocenters. The third-order valence-electron chi connectivity index (χ3n) is 13.5. The number of nitrogens with zero attached hydrogens (tertiary/aromatic N) is 2. The highest BCUT2D eigenvalue weighted by atomic mass is 16.7. The van der Waals surface area contributed by atoms with Gasteiger partial charge in [-0.15, -0.1) is 0 Å². The van der Waals surface area contributed by atoms with E-state index in [1.165, 1.54) is 34.1 Å². The Balaban J connectivity index is 1.51. The van der Waals surface area contributed by atoms with E-state index in [1.54, 1.807) is 25.2 Å². The molecule has 7 aliphatic heterocycles. The summed E-state index contributed by atoms with van der Waals surface area (Å²) in [6.45, 7) is 22.6. The third-order valence-corrected chi connectivity index (χ3v) is 13.5. The second kappa shape index (κ2) is 17.7. The number of carbonyl (C=O) groups excluding carboxylic acids is 3. The van der Waals surface area contributed by atoms with E-state index >= 15 is 0 Å². The maximum absolute atomic E-state index is 14.6. The largest absolute Gasteiger partial charge is 0.507 e. The van der Waals surface area contributed by atoms with Crippen LogP contribution in [0.5, 0.6) is 23.0 Å². The molecule has 0 spiro atoms. The molecular formula is C47H65N3O12. The lowest BCUT2D eigenvalue weighted by molar-refractivity contribution is -0.251. The van der Waals surface area contributed by atoms with Gasteiger partial charge in [-0.3, -0.25) is 19.3 Å². The van der Waals surface area contributed by atoms with Crippen molar-refractivity contribution >= 4 is 39.8 Å². The van der Waals surface area contributed by atoms with E-state index < -0.39 is 76.4 Å². The summed E-state index contributed by atoms with van der Waals surface area (Å²) in [4.78, 5) is 45.2. The van der Waals surface area contributed by atoms with Crippen molar-refractivity contribution in [3.8, 4) is 23.0 Å². The lowest BCUT2D eigenvalue weighted by Crippen LogP contribution is -2.60. The number of allylic oxidation sites excluding steroid dienone is 2. The number of amides is 1. The van der Waals surface area contributed by atoms with Crippen molar-refractivity contribution in [2.75, 3.05) is 50.1 Å². The van der Waals surface area contributed by atoms with Gasteiger partial charge in [-0.05, 0) is 32.8 Å². The molecule has 2 saturated heterocycles. The van der Waals surface area contributed by atoms with Crippen molar-refractivity contribution in [2.45, 2.75) is 112 Å². The minimum Gasteiger partial charge on any atom is -0.507 e. The van der Waals surface area contributed by atoms with Crippen molar-refractivity contribution in [3.05, 3.63) is 47.3 Å². The maximum atomic E-state index is 14.6. The first-order valence-corrected chi connectivity index (χ1v) is 21.6. The summed E-state index contributed by atoms with van der Waals surface area (Å²) >= 11 is 0. The van der Waals surface area contributed by atoms with Crippen LogP contribution in [0.4, 0.5) is 11.4 Å². The Labute approximate surface area is 364 Å². The SMILES string of the molecule is COC1C=COC2(C)Oc3c(C)c(O)c4c(O)c(c(N5CCN(CC(C)C)CC5)c(O)c4c3C2=O)NC(=O)C(C)=CC=CC2(C)OC(C(C)C(O)C(C)C(OC(C)=O)C1C)C2C. The third kappa shape index (κ3) is 8.36. The molecule has 15 nitrogen and oxygen atoms in total. The van der Waals surface area contributed by atoms with Gasteiger partial charge in [0.25, 0.3) is 11.7 Å². The van der Waals surface area contributed by atoms with Crippen LogP contribution in [0, 0.1) is 36.5 Å². The van der Waals surface area contributed by atoms with E-state index in [1.807, 2.05) is 45.6 Å². The number of aliphatic hydroxyl groups is 1. The standard InChI is InChI=1S/C47H65N3O12/c1-23(2)22-49-17-19-50(20-18-49)36-35-39(54)33-32(40(36)55)34-43(28(7)38(33)53)62-47(11,44(34)56)59-21-15-31(58-12)25(4)41(60-30(9)51)26(5)37(52)27(6)42-29(8)46(10,61-42)16-13-14-24(3)45(57)48-35/h13-16,21,23,25-27,29,31,37,41-42,52-55H,17-20,22H2,1-12H3,(H,48,57). The molecular weight excluding hydrogens is 799 g/mol. The van der Waals surface area contributed by atoms with Crippen molar-refractivity contribution in [2.24, 2.45) is 29.6 Å². The van der Waals surface area contributed by atoms with E-state index in [4.69, 9.17) is 23.7 Å².